The monoisotopic (exact) mass is 420 g/mol. The Morgan fingerprint density at radius 2 is 1.83 bits per heavy atom. The molecule has 2 aromatic rings. The van der Waals surface area contributed by atoms with Gasteiger partial charge in [-0.05, 0) is 52.2 Å². The Morgan fingerprint density at radius 3 is 2.40 bits per heavy atom. The predicted octanol–water partition coefficient (Wildman–Crippen LogP) is 3.39. The SMILES string of the molecule is Cc1c(O)ccc2c(O)c(NC(=O)C(CC(C)C)NC(=O)OC(C)(C)C)c(=O)oc12. The van der Waals surface area contributed by atoms with Gasteiger partial charge >= 0.3 is 11.7 Å². The summed E-state index contributed by atoms with van der Waals surface area (Å²) in [6.45, 7) is 10.4. The predicted molar refractivity (Wildman–Crippen MR) is 112 cm³/mol. The standard InChI is InChI=1S/C21H28N2O7/c1-10(2)9-13(22-20(28)30-21(4,5)6)18(26)23-15-16(25)12-7-8-14(24)11(3)17(12)29-19(15)27/h7-8,10,13,24-25H,9H2,1-6H3,(H,22,28)(H,23,26). The summed E-state index contributed by atoms with van der Waals surface area (Å²) < 4.78 is 10.4. The molecule has 1 aromatic heterocycles. The zero-order valence-electron chi connectivity index (χ0n) is 18.0. The van der Waals surface area contributed by atoms with E-state index in [-0.39, 0.29) is 34.6 Å². The van der Waals surface area contributed by atoms with E-state index in [1.54, 1.807) is 20.8 Å². The summed E-state index contributed by atoms with van der Waals surface area (Å²) in [7, 11) is 0. The van der Waals surface area contributed by atoms with E-state index in [4.69, 9.17) is 9.15 Å². The van der Waals surface area contributed by atoms with Gasteiger partial charge in [-0.1, -0.05) is 13.8 Å². The summed E-state index contributed by atoms with van der Waals surface area (Å²) in [6, 6.07) is 1.71. The summed E-state index contributed by atoms with van der Waals surface area (Å²) in [5.41, 5.74) is -1.88. The highest BCUT2D eigenvalue weighted by atomic mass is 16.6. The fraction of sp³-hybridized carbons (Fsp3) is 0.476. The Balaban J connectivity index is 2.35. The molecule has 0 aliphatic heterocycles. The summed E-state index contributed by atoms with van der Waals surface area (Å²) in [4.78, 5) is 37.3. The molecule has 164 valence electrons. The number of benzene rings is 1. The van der Waals surface area contributed by atoms with E-state index < -0.39 is 40.7 Å². The van der Waals surface area contributed by atoms with Crippen LogP contribution in [0.15, 0.2) is 21.3 Å². The largest absolute Gasteiger partial charge is 0.508 e. The number of carbonyl (C=O) groups excluding carboxylic acids is 2. The first kappa shape index (κ1) is 23.1. The molecular weight excluding hydrogens is 392 g/mol. The van der Waals surface area contributed by atoms with Crippen molar-refractivity contribution in [3.05, 3.63) is 28.1 Å². The van der Waals surface area contributed by atoms with Crippen LogP contribution in [0.1, 0.15) is 46.6 Å². The van der Waals surface area contributed by atoms with E-state index in [0.29, 0.717) is 0 Å². The normalized spacial score (nSPS) is 12.6. The van der Waals surface area contributed by atoms with Crippen LogP contribution in [0, 0.1) is 12.8 Å². The molecular formula is C21H28N2O7. The van der Waals surface area contributed by atoms with Gasteiger partial charge in [0.2, 0.25) is 5.91 Å². The summed E-state index contributed by atoms with van der Waals surface area (Å²) in [6.07, 6.45) is -0.498. The van der Waals surface area contributed by atoms with Crippen LogP contribution in [0.5, 0.6) is 11.5 Å². The lowest BCUT2D eigenvalue weighted by atomic mass is 10.0. The van der Waals surface area contributed by atoms with Gasteiger partial charge in [-0.15, -0.1) is 0 Å². The van der Waals surface area contributed by atoms with Crippen LogP contribution in [-0.2, 0) is 9.53 Å². The molecule has 0 aliphatic rings. The molecule has 2 rings (SSSR count). The van der Waals surface area contributed by atoms with Crippen LogP contribution in [0.2, 0.25) is 0 Å². The van der Waals surface area contributed by atoms with Gasteiger partial charge in [0.1, 0.15) is 23.0 Å². The van der Waals surface area contributed by atoms with Gasteiger partial charge in [0.25, 0.3) is 0 Å². The minimum atomic E-state index is -1.00. The van der Waals surface area contributed by atoms with Crippen molar-refractivity contribution in [3.63, 3.8) is 0 Å². The summed E-state index contributed by atoms with van der Waals surface area (Å²) >= 11 is 0. The molecule has 0 saturated heterocycles. The molecule has 0 radical (unpaired) electrons. The fourth-order valence-electron chi connectivity index (χ4n) is 2.85. The van der Waals surface area contributed by atoms with Crippen molar-refractivity contribution in [1.29, 1.82) is 0 Å². The van der Waals surface area contributed by atoms with Gasteiger partial charge in [-0.2, -0.15) is 0 Å². The van der Waals surface area contributed by atoms with Gasteiger partial charge in [-0.3, -0.25) is 4.79 Å². The zero-order chi connectivity index (χ0) is 22.8. The number of phenolic OH excluding ortho intramolecular Hbond substituents is 1. The lowest BCUT2D eigenvalue weighted by Gasteiger charge is -2.24. The van der Waals surface area contributed by atoms with Crippen LogP contribution in [0.3, 0.4) is 0 Å². The smallest absolute Gasteiger partial charge is 0.408 e. The number of aryl methyl sites for hydroxylation is 1. The number of hydrogen-bond acceptors (Lipinski definition) is 7. The van der Waals surface area contributed by atoms with E-state index >= 15 is 0 Å². The Hall–Kier alpha value is -3.23. The van der Waals surface area contributed by atoms with Crippen LogP contribution >= 0.6 is 0 Å². The number of amides is 2. The number of aromatic hydroxyl groups is 2. The third-order valence-corrected chi connectivity index (χ3v) is 4.23. The number of hydrogen-bond donors (Lipinski definition) is 4. The second-order valence-corrected chi connectivity index (χ2v) is 8.52. The first-order valence-electron chi connectivity index (χ1n) is 9.59. The van der Waals surface area contributed by atoms with Crippen LogP contribution in [0.25, 0.3) is 11.0 Å². The molecule has 9 heteroatoms. The van der Waals surface area contributed by atoms with Crippen LogP contribution < -0.4 is 16.3 Å². The van der Waals surface area contributed by atoms with Crippen LogP contribution in [0.4, 0.5) is 10.5 Å². The van der Waals surface area contributed by atoms with E-state index in [2.05, 4.69) is 10.6 Å². The van der Waals surface area contributed by atoms with E-state index in [1.807, 2.05) is 13.8 Å². The third kappa shape index (κ3) is 5.43. The highest BCUT2D eigenvalue weighted by Crippen LogP contribution is 2.34. The molecule has 9 nitrogen and oxygen atoms in total. The second kappa shape index (κ2) is 8.64. The lowest BCUT2D eigenvalue weighted by Crippen LogP contribution is -2.46. The number of rotatable bonds is 5. The third-order valence-electron chi connectivity index (χ3n) is 4.23. The summed E-state index contributed by atoms with van der Waals surface area (Å²) in [5.74, 6) is -1.24. The number of carbonyl (C=O) groups is 2. The molecule has 1 unspecified atom stereocenters. The molecule has 2 amide bonds. The van der Waals surface area contributed by atoms with Crippen molar-refractivity contribution in [1.82, 2.24) is 5.32 Å². The maximum Gasteiger partial charge on any atom is 0.408 e. The second-order valence-electron chi connectivity index (χ2n) is 8.52. The highest BCUT2D eigenvalue weighted by Gasteiger charge is 2.27. The molecule has 4 N–H and O–H groups in total. The molecule has 0 saturated carbocycles. The van der Waals surface area contributed by atoms with Gasteiger partial charge in [0.05, 0.1) is 5.39 Å². The molecule has 1 atom stereocenters. The molecule has 1 aromatic carbocycles. The quantitative estimate of drug-likeness (QED) is 0.544. The number of alkyl carbamates (subject to hydrolysis) is 1. The number of fused-ring (bicyclic) bond motifs is 1. The van der Waals surface area contributed by atoms with Gasteiger partial charge < -0.3 is 30.0 Å². The van der Waals surface area contributed by atoms with Crippen molar-refractivity contribution in [2.75, 3.05) is 5.32 Å². The number of nitrogens with one attached hydrogen (secondary N) is 2. The molecule has 1 heterocycles. The van der Waals surface area contributed by atoms with Crippen molar-refractivity contribution >= 4 is 28.7 Å². The van der Waals surface area contributed by atoms with Crippen LogP contribution in [-0.4, -0.2) is 33.9 Å². The average Bonchev–Trinajstić information content (AvgIpc) is 2.59. The Bertz CT molecular complexity index is 1020. The molecule has 0 spiro atoms. The van der Waals surface area contributed by atoms with Crippen molar-refractivity contribution in [3.8, 4) is 11.5 Å². The molecule has 0 bridgehead atoms. The van der Waals surface area contributed by atoms with E-state index in [1.165, 1.54) is 19.1 Å². The minimum Gasteiger partial charge on any atom is -0.508 e. The number of anilines is 1. The van der Waals surface area contributed by atoms with Gasteiger partial charge in [-0.25, -0.2) is 9.59 Å². The highest BCUT2D eigenvalue weighted by molar-refractivity contribution is 6.00. The summed E-state index contributed by atoms with van der Waals surface area (Å²) in [5, 5.41) is 25.3. The topological polar surface area (TPSA) is 138 Å². The fourth-order valence-corrected chi connectivity index (χ4v) is 2.85. The Labute approximate surface area is 174 Å². The molecule has 0 aliphatic carbocycles. The number of phenols is 1. The van der Waals surface area contributed by atoms with E-state index in [9.17, 15) is 24.6 Å². The Morgan fingerprint density at radius 1 is 1.20 bits per heavy atom. The average molecular weight is 420 g/mol. The first-order valence-corrected chi connectivity index (χ1v) is 9.59. The van der Waals surface area contributed by atoms with Crippen molar-refractivity contribution in [2.45, 2.75) is 59.6 Å². The molecule has 0 fully saturated rings. The number of ether oxygens (including phenoxy) is 1. The van der Waals surface area contributed by atoms with Crippen molar-refractivity contribution in [2.24, 2.45) is 5.92 Å². The zero-order valence-corrected chi connectivity index (χ0v) is 18.0. The maximum atomic E-state index is 12.8. The van der Waals surface area contributed by atoms with Crippen molar-refractivity contribution < 1.29 is 29.0 Å². The minimum absolute atomic E-state index is 0.0149. The lowest BCUT2D eigenvalue weighted by molar-refractivity contribution is -0.118. The van der Waals surface area contributed by atoms with Gasteiger partial charge in [0, 0.05) is 5.56 Å². The first-order chi connectivity index (χ1) is 13.8. The Kier molecular flexibility index (Phi) is 6.64. The van der Waals surface area contributed by atoms with E-state index in [0.717, 1.165) is 0 Å². The maximum absolute atomic E-state index is 12.8. The molecule has 30 heavy (non-hydrogen) atoms. The van der Waals surface area contributed by atoms with Gasteiger partial charge in [0.15, 0.2) is 11.4 Å².